The molecule has 1 saturated heterocycles. The lowest BCUT2D eigenvalue weighted by Gasteiger charge is -2.32. The van der Waals surface area contributed by atoms with Gasteiger partial charge in [0.1, 0.15) is 0 Å². The van der Waals surface area contributed by atoms with Gasteiger partial charge in [0.25, 0.3) is 0 Å². The van der Waals surface area contributed by atoms with Gasteiger partial charge in [-0.25, -0.2) is 0 Å². The van der Waals surface area contributed by atoms with Crippen molar-refractivity contribution in [2.24, 2.45) is 0 Å². The van der Waals surface area contributed by atoms with E-state index in [1.54, 1.807) is 0 Å². The molecule has 0 amide bonds. The molecular formula is C12H18BNO3. The third kappa shape index (κ3) is 2.45. The number of aromatic nitrogens is 1. The van der Waals surface area contributed by atoms with Crippen molar-refractivity contribution in [2.75, 3.05) is 0 Å². The fourth-order valence-corrected chi connectivity index (χ4v) is 1.60. The van der Waals surface area contributed by atoms with Crippen molar-refractivity contribution in [3.8, 4) is 0 Å². The molecule has 0 aromatic carbocycles. The Morgan fingerprint density at radius 1 is 1.18 bits per heavy atom. The van der Waals surface area contributed by atoms with E-state index in [4.69, 9.17) is 13.8 Å². The topological polar surface area (TPSA) is 44.5 Å². The van der Waals surface area contributed by atoms with Crippen LogP contribution in [0.1, 0.15) is 39.1 Å². The van der Waals surface area contributed by atoms with Crippen LogP contribution in [0.25, 0.3) is 6.08 Å². The maximum absolute atomic E-state index is 5.82. The number of hydrogen-bond donors (Lipinski definition) is 0. The normalized spacial score (nSPS) is 22.5. The number of rotatable bonds is 2. The molecular weight excluding hydrogens is 217 g/mol. The zero-order valence-electron chi connectivity index (χ0n) is 11.0. The molecule has 0 atom stereocenters. The Labute approximate surface area is 102 Å². The summed E-state index contributed by atoms with van der Waals surface area (Å²) in [5.74, 6) is 2.55. The Kier molecular flexibility index (Phi) is 2.91. The van der Waals surface area contributed by atoms with Gasteiger partial charge in [0.15, 0.2) is 5.76 Å². The second-order valence-corrected chi connectivity index (χ2v) is 5.35. The summed E-state index contributed by atoms with van der Waals surface area (Å²) in [6.07, 6.45) is 1.82. The van der Waals surface area contributed by atoms with Crippen molar-refractivity contribution in [1.82, 2.24) is 5.16 Å². The molecule has 2 heterocycles. The van der Waals surface area contributed by atoms with Crippen molar-refractivity contribution >= 4 is 13.2 Å². The molecule has 0 bridgehead atoms. The van der Waals surface area contributed by atoms with E-state index in [9.17, 15) is 0 Å². The molecule has 0 unspecified atom stereocenters. The van der Waals surface area contributed by atoms with Gasteiger partial charge in [-0.15, -0.1) is 0 Å². The van der Waals surface area contributed by atoms with E-state index in [0.717, 1.165) is 5.69 Å². The first-order chi connectivity index (χ1) is 7.80. The van der Waals surface area contributed by atoms with Gasteiger partial charge in [-0.1, -0.05) is 11.1 Å². The predicted octanol–water partition coefficient (Wildman–Crippen LogP) is 2.63. The second-order valence-electron chi connectivity index (χ2n) is 5.35. The van der Waals surface area contributed by atoms with Gasteiger partial charge in [-0.3, -0.25) is 0 Å². The SMILES string of the molecule is Cc1cc(/C=C/B2OC(C)(C)C(C)(C)O2)on1. The first-order valence-corrected chi connectivity index (χ1v) is 5.77. The lowest BCUT2D eigenvalue weighted by molar-refractivity contribution is 0.00578. The van der Waals surface area contributed by atoms with Gasteiger partial charge < -0.3 is 13.8 Å². The summed E-state index contributed by atoms with van der Waals surface area (Å²) >= 11 is 0. The van der Waals surface area contributed by atoms with Crippen molar-refractivity contribution in [2.45, 2.75) is 45.8 Å². The van der Waals surface area contributed by atoms with Crippen molar-refractivity contribution in [1.29, 1.82) is 0 Å². The third-order valence-electron chi connectivity index (χ3n) is 3.34. The Balaban J connectivity index is 2.05. The monoisotopic (exact) mass is 235 g/mol. The maximum Gasteiger partial charge on any atom is 0.487 e. The predicted molar refractivity (Wildman–Crippen MR) is 66.4 cm³/mol. The lowest BCUT2D eigenvalue weighted by atomic mass is 9.90. The van der Waals surface area contributed by atoms with Crippen LogP contribution in [0.5, 0.6) is 0 Å². The van der Waals surface area contributed by atoms with Gasteiger partial charge in [0, 0.05) is 6.07 Å². The molecule has 0 N–H and O–H groups in total. The molecule has 0 radical (unpaired) electrons. The second kappa shape index (κ2) is 4.00. The molecule has 1 aromatic heterocycles. The average Bonchev–Trinajstić information content (AvgIpc) is 2.67. The van der Waals surface area contributed by atoms with Crippen LogP contribution in [0.4, 0.5) is 0 Å². The molecule has 0 saturated carbocycles. The van der Waals surface area contributed by atoms with Crippen molar-refractivity contribution in [3.05, 3.63) is 23.5 Å². The number of nitrogens with zero attached hydrogens (tertiary/aromatic N) is 1. The summed E-state index contributed by atoms with van der Waals surface area (Å²) < 4.78 is 16.7. The zero-order chi connectivity index (χ0) is 12.7. The van der Waals surface area contributed by atoms with Crippen LogP contribution >= 0.6 is 0 Å². The highest BCUT2D eigenvalue weighted by Crippen LogP contribution is 2.36. The Hall–Kier alpha value is -1.07. The highest BCUT2D eigenvalue weighted by molar-refractivity contribution is 6.52. The first kappa shape index (κ1) is 12.4. The molecule has 2 rings (SSSR count). The van der Waals surface area contributed by atoms with Crippen molar-refractivity contribution < 1.29 is 13.8 Å². The standard InChI is InChI=1S/C12H18BNO3/c1-9-8-10(15-14-9)6-7-13-16-11(2,3)12(4,5)17-13/h6-8H,1-5H3/b7-6+. The molecule has 17 heavy (non-hydrogen) atoms. The Bertz CT molecular complexity index is 421. The summed E-state index contributed by atoms with van der Waals surface area (Å²) in [6, 6.07) is 1.86. The minimum Gasteiger partial charge on any atom is -0.400 e. The van der Waals surface area contributed by atoms with Gasteiger partial charge in [0.2, 0.25) is 0 Å². The molecule has 4 nitrogen and oxygen atoms in total. The fourth-order valence-electron chi connectivity index (χ4n) is 1.60. The summed E-state index contributed by atoms with van der Waals surface area (Å²) in [5.41, 5.74) is 0.247. The number of aryl methyl sites for hydroxylation is 1. The summed E-state index contributed by atoms with van der Waals surface area (Å²) in [4.78, 5) is 0. The third-order valence-corrected chi connectivity index (χ3v) is 3.34. The molecule has 92 valence electrons. The molecule has 1 fully saturated rings. The van der Waals surface area contributed by atoms with E-state index in [2.05, 4.69) is 5.16 Å². The van der Waals surface area contributed by atoms with Crippen LogP contribution in [-0.2, 0) is 9.31 Å². The van der Waals surface area contributed by atoms with Crippen LogP contribution in [0, 0.1) is 6.92 Å². The first-order valence-electron chi connectivity index (χ1n) is 5.77. The zero-order valence-corrected chi connectivity index (χ0v) is 11.0. The Morgan fingerprint density at radius 3 is 2.24 bits per heavy atom. The average molecular weight is 235 g/mol. The molecule has 1 aliphatic heterocycles. The van der Waals surface area contributed by atoms with Crippen LogP contribution < -0.4 is 0 Å². The minimum atomic E-state index is -0.342. The van der Waals surface area contributed by atoms with Gasteiger partial charge in [-0.05, 0) is 40.7 Å². The van der Waals surface area contributed by atoms with Crippen LogP contribution in [0.2, 0.25) is 0 Å². The Morgan fingerprint density at radius 2 is 1.76 bits per heavy atom. The molecule has 1 aromatic rings. The quantitative estimate of drug-likeness (QED) is 0.739. The lowest BCUT2D eigenvalue weighted by Crippen LogP contribution is -2.41. The summed E-state index contributed by atoms with van der Waals surface area (Å²) in [7, 11) is -0.342. The van der Waals surface area contributed by atoms with E-state index in [1.807, 2.05) is 52.7 Å². The highest BCUT2D eigenvalue weighted by atomic mass is 16.7. The van der Waals surface area contributed by atoms with E-state index in [0.29, 0.717) is 5.76 Å². The van der Waals surface area contributed by atoms with E-state index >= 15 is 0 Å². The highest BCUT2D eigenvalue weighted by Gasteiger charge is 2.50. The molecule has 0 aliphatic carbocycles. The maximum atomic E-state index is 5.82. The minimum absolute atomic E-state index is 0.306. The summed E-state index contributed by atoms with van der Waals surface area (Å²) in [5, 5.41) is 3.81. The van der Waals surface area contributed by atoms with E-state index in [-0.39, 0.29) is 18.3 Å². The van der Waals surface area contributed by atoms with Gasteiger partial charge in [0.05, 0.1) is 16.9 Å². The largest absolute Gasteiger partial charge is 0.487 e. The van der Waals surface area contributed by atoms with Crippen LogP contribution in [-0.4, -0.2) is 23.5 Å². The number of hydrogen-bond acceptors (Lipinski definition) is 4. The smallest absolute Gasteiger partial charge is 0.400 e. The van der Waals surface area contributed by atoms with E-state index < -0.39 is 0 Å². The van der Waals surface area contributed by atoms with E-state index in [1.165, 1.54) is 0 Å². The molecule has 5 heteroatoms. The molecule has 0 spiro atoms. The van der Waals surface area contributed by atoms with Gasteiger partial charge in [-0.2, -0.15) is 0 Å². The summed E-state index contributed by atoms with van der Waals surface area (Å²) in [6.45, 7) is 9.99. The fraction of sp³-hybridized carbons (Fsp3) is 0.583. The molecule has 1 aliphatic rings. The van der Waals surface area contributed by atoms with Gasteiger partial charge >= 0.3 is 7.12 Å². The van der Waals surface area contributed by atoms with Crippen LogP contribution in [0.15, 0.2) is 16.6 Å². The van der Waals surface area contributed by atoms with Crippen molar-refractivity contribution in [3.63, 3.8) is 0 Å². The van der Waals surface area contributed by atoms with Crippen LogP contribution in [0.3, 0.4) is 0 Å².